The van der Waals surface area contributed by atoms with Crippen LogP contribution in [0, 0.1) is 5.82 Å². The molecule has 0 aromatic heterocycles. The summed E-state index contributed by atoms with van der Waals surface area (Å²) in [6, 6.07) is 2.97. The zero-order valence-electron chi connectivity index (χ0n) is 8.74. The van der Waals surface area contributed by atoms with Crippen LogP contribution in [0.15, 0.2) is 12.1 Å². The van der Waals surface area contributed by atoms with E-state index in [-0.39, 0.29) is 5.56 Å². The van der Waals surface area contributed by atoms with Crippen molar-refractivity contribution in [3.8, 4) is 5.75 Å². The van der Waals surface area contributed by atoms with Gasteiger partial charge < -0.3 is 15.3 Å². The van der Waals surface area contributed by atoms with Crippen LogP contribution in [0.1, 0.15) is 10.4 Å². The monoisotopic (exact) mass is 224 g/mol. The summed E-state index contributed by atoms with van der Waals surface area (Å²) in [5, 5.41) is 12.6. The van der Waals surface area contributed by atoms with Crippen molar-refractivity contribution in [1.82, 2.24) is 5.32 Å². The van der Waals surface area contributed by atoms with Gasteiger partial charge in [0.05, 0.1) is 11.3 Å². The molecule has 1 aromatic rings. The lowest BCUT2D eigenvalue weighted by Crippen LogP contribution is -2.43. The first-order valence-electron chi connectivity index (χ1n) is 5.16. The van der Waals surface area contributed by atoms with E-state index in [2.05, 4.69) is 5.32 Å². The van der Waals surface area contributed by atoms with Gasteiger partial charge in [-0.2, -0.15) is 0 Å². The molecule has 0 bridgehead atoms. The van der Waals surface area contributed by atoms with E-state index in [1.165, 1.54) is 12.1 Å². The first kappa shape index (κ1) is 10.9. The highest BCUT2D eigenvalue weighted by atomic mass is 19.1. The Morgan fingerprint density at radius 1 is 1.38 bits per heavy atom. The van der Waals surface area contributed by atoms with E-state index < -0.39 is 11.6 Å². The third-order valence-corrected chi connectivity index (χ3v) is 2.71. The molecule has 0 spiro atoms. The minimum atomic E-state index is -0.716. The lowest BCUT2D eigenvalue weighted by atomic mass is 10.1. The van der Waals surface area contributed by atoms with Gasteiger partial charge in [-0.3, -0.25) is 4.79 Å². The molecule has 1 aliphatic heterocycles. The smallest absolute Gasteiger partial charge is 0.188 e. The molecule has 4 nitrogen and oxygen atoms in total. The summed E-state index contributed by atoms with van der Waals surface area (Å²) in [4.78, 5) is 12.4. The van der Waals surface area contributed by atoms with Gasteiger partial charge in [0, 0.05) is 26.2 Å². The molecule has 1 aromatic carbocycles. The molecule has 0 radical (unpaired) electrons. The Morgan fingerprint density at radius 3 is 2.69 bits per heavy atom. The molecule has 2 N–H and O–H groups in total. The predicted molar refractivity (Wildman–Crippen MR) is 58.5 cm³/mol. The van der Waals surface area contributed by atoms with Crippen molar-refractivity contribution in [3.05, 3.63) is 23.5 Å². The highest BCUT2D eigenvalue weighted by Gasteiger charge is 2.18. The second-order valence-electron chi connectivity index (χ2n) is 3.69. The van der Waals surface area contributed by atoms with Crippen molar-refractivity contribution in [3.63, 3.8) is 0 Å². The largest absolute Gasteiger partial charge is 0.504 e. The molecule has 16 heavy (non-hydrogen) atoms. The number of halogens is 1. The Hall–Kier alpha value is -1.62. The Balaban J connectivity index is 2.34. The summed E-state index contributed by atoms with van der Waals surface area (Å²) >= 11 is 0. The van der Waals surface area contributed by atoms with Crippen LogP contribution in [0.5, 0.6) is 5.75 Å². The van der Waals surface area contributed by atoms with E-state index >= 15 is 0 Å². The Labute approximate surface area is 92.7 Å². The van der Waals surface area contributed by atoms with Gasteiger partial charge in [0.1, 0.15) is 0 Å². The third kappa shape index (κ3) is 1.86. The second-order valence-corrected chi connectivity index (χ2v) is 3.69. The Bertz CT molecular complexity index is 403. The molecule has 0 atom stereocenters. The molecular weight excluding hydrogens is 211 g/mol. The molecule has 0 saturated carbocycles. The van der Waals surface area contributed by atoms with Crippen LogP contribution in [-0.4, -0.2) is 37.6 Å². The van der Waals surface area contributed by atoms with Gasteiger partial charge in [-0.05, 0) is 12.1 Å². The van der Waals surface area contributed by atoms with Crippen LogP contribution >= 0.6 is 0 Å². The number of nitrogens with one attached hydrogen (secondary N) is 1. The van der Waals surface area contributed by atoms with Gasteiger partial charge in [0.25, 0.3) is 0 Å². The van der Waals surface area contributed by atoms with E-state index in [9.17, 15) is 14.3 Å². The van der Waals surface area contributed by atoms with Crippen LogP contribution in [0.4, 0.5) is 10.1 Å². The van der Waals surface area contributed by atoms with Crippen molar-refractivity contribution in [2.75, 3.05) is 31.1 Å². The number of aldehydes is 1. The standard InChI is InChI=1S/C11H13FN2O2/c12-10-9(14-5-3-13-4-6-14)2-1-8(7-15)11(10)16/h1-2,7,13,16H,3-6H2. The normalized spacial score (nSPS) is 16.2. The number of benzene rings is 1. The lowest BCUT2D eigenvalue weighted by Gasteiger charge is -2.29. The van der Waals surface area contributed by atoms with E-state index in [0.29, 0.717) is 25.1 Å². The SMILES string of the molecule is O=Cc1ccc(N2CCNCC2)c(F)c1O. The fourth-order valence-electron chi connectivity index (χ4n) is 1.81. The van der Waals surface area contributed by atoms with Gasteiger partial charge in [0.2, 0.25) is 0 Å². The molecule has 5 heteroatoms. The summed E-state index contributed by atoms with van der Waals surface area (Å²) in [5.74, 6) is -1.28. The topological polar surface area (TPSA) is 52.6 Å². The minimum Gasteiger partial charge on any atom is -0.504 e. The van der Waals surface area contributed by atoms with Gasteiger partial charge in [-0.1, -0.05) is 0 Å². The molecule has 1 heterocycles. The van der Waals surface area contributed by atoms with Crippen LogP contribution in [0.25, 0.3) is 0 Å². The van der Waals surface area contributed by atoms with Crippen molar-refractivity contribution in [2.24, 2.45) is 0 Å². The van der Waals surface area contributed by atoms with E-state index in [4.69, 9.17) is 0 Å². The number of aromatic hydroxyl groups is 1. The summed E-state index contributed by atoms with van der Waals surface area (Å²) in [5.41, 5.74) is 0.334. The number of carbonyl (C=O) groups excluding carboxylic acids is 1. The first-order chi connectivity index (χ1) is 7.74. The number of anilines is 1. The van der Waals surface area contributed by atoms with Crippen LogP contribution < -0.4 is 10.2 Å². The maximum atomic E-state index is 13.8. The summed E-state index contributed by atoms with van der Waals surface area (Å²) < 4.78 is 13.8. The first-order valence-corrected chi connectivity index (χ1v) is 5.16. The molecule has 0 unspecified atom stereocenters. The average Bonchev–Trinajstić information content (AvgIpc) is 2.34. The predicted octanol–water partition coefficient (Wildman–Crippen LogP) is 0.753. The van der Waals surface area contributed by atoms with Crippen LogP contribution in [0.3, 0.4) is 0 Å². The van der Waals surface area contributed by atoms with Crippen LogP contribution in [0.2, 0.25) is 0 Å². The molecule has 86 valence electrons. The number of carbonyl (C=O) groups is 1. The molecular formula is C11H13FN2O2. The number of phenolic OH excluding ortho intramolecular Hbond substituents is 1. The van der Waals surface area contributed by atoms with Crippen molar-refractivity contribution in [2.45, 2.75) is 0 Å². The van der Waals surface area contributed by atoms with Crippen molar-refractivity contribution >= 4 is 12.0 Å². The average molecular weight is 224 g/mol. The Morgan fingerprint density at radius 2 is 2.06 bits per heavy atom. The number of nitrogens with zero attached hydrogens (tertiary/aromatic N) is 1. The van der Waals surface area contributed by atoms with Crippen molar-refractivity contribution in [1.29, 1.82) is 0 Å². The molecule has 1 aliphatic rings. The van der Waals surface area contributed by atoms with Gasteiger partial charge in [0.15, 0.2) is 17.9 Å². The highest BCUT2D eigenvalue weighted by molar-refractivity contribution is 5.80. The molecule has 1 saturated heterocycles. The fraction of sp³-hybridized carbons (Fsp3) is 0.364. The maximum absolute atomic E-state index is 13.8. The summed E-state index contributed by atoms with van der Waals surface area (Å²) in [7, 11) is 0. The quantitative estimate of drug-likeness (QED) is 0.728. The van der Waals surface area contributed by atoms with E-state index in [1.54, 1.807) is 0 Å². The number of rotatable bonds is 2. The van der Waals surface area contributed by atoms with Gasteiger partial charge in [-0.25, -0.2) is 4.39 Å². The number of hydrogen-bond acceptors (Lipinski definition) is 4. The summed E-state index contributed by atoms with van der Waals surface area (Å²) in [6.45, 7) is 2.96. The van der Waals surface area contributed by atoms with Crippen LogP contribution in [-0.2, 0) is 0 Å². The molecule has 0 amide bonds. The van der Waals surface area contributed by atoms with Gasteiger partial charge >= 0.3 is 0 Å². The molecule has 2 rings (SSSR count). The molecule has 0 aliphatic carbocycles. The minimum absolute atomic E-state index is 0.0172. The van der Waals surface area contributed by atoms with E-state index in [1.807, 2.05) is 4.90 Å². The third-order valence-electron chi connectivity index (χ3n) is 2.71. The number of hydrogen-bond donors (Lipinski definition) is 2. The second kappa shape index (κ2) is 4.49. The maximum Gasteiger partial charge on any atom is 0.188 e. The highest BCUT2D eigenvalue weighted by Crippen LogP contribution is 2.29. The zero-order valence-corrected chi connectivity index (χ0v) is 8.74. The fourth-order valence-corrected chi connectivity index (χ4v) is 1.81. The lowest BCUT2D eigenvalue weighted by molar-refractivity contribution is 0.112. The number of piperazine rings is 1. The summed E-state index contributed by atoms with van der Waals surface area (Å²) in [6.07, 6.45) is 0.444. The zero-order chi connectivity index (χ0) is 11.5. The Kier molecular flexibility index (Phi) is 3.05. The number of phenols is 1. The van der Waals surface area contributed by atoms with E-state index in [0.717, 1.165) is 13.1 Å². The molecule has 1 fully saturated rings. The van der Waals surface area contributed by atoms with Gasteiger partial charge in [-0.15, -0.1) is 0 Å². The van der Waals surface area contributed by atoms with Crippen molar-refractivity contribution < 1.29 is 14.3 Å².